The first-order valence-corrected chi connectivity index (χ1v) is 10.6. The normalized spacial score (nSPS) is 10.8. The number of carbonyl (C=O) groups excluding carboxylic acids is 1. The Bertz CT molecular complexity index is 1070. The van der Waals surface area contributed by atoms with Gasteiger partial charge in [0, 0.05) is 19.3 Å². The van der Waals surface area contributed by atoms with Gasteiger partial charge in [-0.05, 0) is 55.0 Å². The number of nitrogens with one attached hydrogen (secondary N) is 1. The lowest BCUT2D eigenvalue weighted by molar-refractivity contribution is 0.0952. The Hall–Kier alpha value is -3.14. The summed E-state index contributed by atoms with van der Waals surface area (Å²) in [4.78, 5) is 25.9. The van der Waals surface area contributed by atoms with Gasteiger partial charge in [-0.25, -0.2) is 0 Å². The van der Waals surface area contributed by atoms with Crippen LogP contribution in [0.25, 0.3) is 11.1 Å². The molecule has 1 heterocycles. The molecule has 3 rings (SSSR count). The lowest BCUT2D eigenvalue weighted by Gasteiger charge is -2.14. The van der Waals surface area contributed by atoms with Crippen LogP contribution in [0.3, 0.4) is 0 Å². The Labute approximate surface area is 178 Å². The summed E-state index contributed by atoms with van der Waals surface area (Å²) in [6, 6.07) is 18.0. The third kappa shape index (κ3) is 5.26. The molecule has 0 radical (unpaired) electrons. The Morgan fingerprint density at radius 3 is 2.53 bits per heavy atom. The van der Waals surface area contributed by atoms with Gasteiger partial charge in [0.1, 0.15) is 5.56 Å². The Morgan fingerprint density at radius 2 is 1.80 bits per heavy atom. The van der Waals surface area contributed by atoms with E-state index in [9.17, 15) is 9.59 Å². The van der Waals surface area contributed by atoms with E-state index in [2.05, 4.69) is 37.4 Å². The summed E-state index contributed by atoms with van der Waals surface area (Å²) in [7, 11) is 0. The van der Waals surface area contributed by atoms with Gasteiger partial charge in [0.05, 0.1) is 0 Å². The molecule has 0 aliphatic heterocycles. The molecule has 0 fully saturated rings. The van der Waals surface area contributed by atoms with Crippen molar-refractivity contribution in [2.75, 3.05) is 6.54 Å². The average molecular weight is 403 g/mol. The first kappa shape index (κ1) is 21.6. The van der Waals surface area contributed by atoms with Gasteiger partial charge in [-0.2, -0.15) is 0 Å². The standard InChI is InChI=1S/C26H30N2O2/c1-4-5-15-28-18-22(23-16-19(2)11-12-20(23)3)17-24(26(28)30)25(29)27-14-13-21-9-7-6-8-10-21/h6-12,16-18H,4-5,13-15H2,1-3H3,(H,27,29). The average Bonchev–Trinajstić information content (AvgIpc) is 2.75. The molecule has 30 heavy (non-hydrogen) atoms. The van der Waals surface area contributed by atoms with Crippen molar-refractivity contribution in [1.29, 1.82) is 0 Å². The first-order chi connectivity index (χ1) is 14.5. The van der Waals surface area contributed by atoms with E-state index in [4.69, 9.17) is 0 Å². The molecule has 0 spiro atoms. The summed E-state index contributed by atoms with van der Waals surface area (Å²) in [5, 5.41) is 2.92. The maximum absolute atomic E-state index is 13.0. The summed E-state index contributed by atoms with van der Waals surface area (Å²) in [5.74, 6) is -0.312. The quantitative estimate of drug-likeness (QED) is 0.582. The van der Waals surface area contributed by atoms with E-state index in [1.807, 2.05) is 43.5 Å². The summed E-state index contributed by atoms with van der Waals surface area (Å²) in [5.41, 5.74) is 5.36. The Kier molecular flexibility index (Phi) is 7.23. The first-order valence-electron chi connectivity index (χ1n) is 10.6. The van der Waals surface area contributed by atoms with Gasteiger partial charge in [0.25, 0.3) is 11.5 Å². The van der Waals surface area contributed by atoms with Crippen molar-refractivity contribution in [3.8, 4) is 11.1 Å². The predicted octanol–water partition coefficient (Wildman–Crippen LogP) is 4.90. The van der Waals surface area contributed by atoms with Crippen molar-refractivity contribution < 1.29 is 4.79 Å². The molecule has 0 saturated heterocycles. The molecule has 3 aromatic rings. The van der Waals surface area contributed by atoms with Crippen molar-refractivity contribution in [3.05, 3.63) is 93.4 Å². The Morgan fingerprint density at radius 1 is 1.03 bits per heavy atom. The highest BCUT2D eigenvalue weighted by atomic mass is 16.2. The van der Waals surface area contributed by atoms with Crippen molar-refractivity contribution in [2.24, 2.45) is 0 Å². The third-order valence-electron chi connectivity index (χ3n) is 5.33. The number of pyridine rings is 1. The summed E-state index contributed by atoms with van der Waals surface area (Å²) >= 11 is 0. The Balaban J connectivity index is 1.90. The predicted molar refractivity (Wildman–Crippen MR) is 123 cm³/mol. The van der Waals surface area contributed by atoms with E-state index in [0.717, 1.165) is 47.1 Å². The van der Waals surface area contributed by atoms with E-state index in [1.54, 1.807) is 10.6 Å². The summed E-state index contributed by atoms with van der Waals surface area (Å²) in [6.07, 6.45) is 4.50. The fourth-order valence-corrected chi connectivity index (χ4v) is 3.55. The van der Waals surface area contributed by atoms with E-state index in [1.165, 1.54) is 0 Å². The molecule has 0 unspecified atom stereocenters. The van der Waals surface area contributed by atoms with Crippen LogP contribution in [0.4, 0.5) is 0 Å². The third-order valence-corrected chi connectivity index (χ3v) is 5.33. The van der Waals surface area contributed by atoms with Crippen LogP contribution in [0.2, 0.25) is 0 Å². The fourth-order valence-electron chi connectivity index (χ4n) is 3.55. The number of amides is 1. The second-order valence-electron chi connectivity index (χ2n) is 7.80. The largest absolute Gasteiger partial charge is 0.352 e. The van der Waals surface area contributed by atoms with Gasteiger partial charge in [-0.3, -0.25) is 9.59 Å². The van der Waals surface area contributed by atoms with E-state index < -0.39 is 0 Å². The summed E-state index contributed by atoms with van der Waals surface area (Å²) < 4.78 is 1.69. The highest BCUT2D eigenvalue weighted by Gasteiger charge is 2.16. The molecule has 4 heteroatoms. The van der Waals surface area contributed by atoms with Gasteiger partial charge < -0.3 is 9.88 Å². The lowest BCUT2D eigenvalue weighted by atomic mass is 9.98. The number of rotatable bonds is 8. The number of nitrogens with zero attached hydrogens (tertiary/aromatic N) is 1. The molecule has 0 bridgehead atoms. The lowest BCUT2D eigenvalue weighted by Crippen LogP contribution is -2.34. The molecular weight excluding hydrogens is 372 g/mol. The van der Waals surface area contributed by atoms with E-state index in [-0.39, 0.29) is 17.0 Å². The van der Waals surface area contributed by atoms with Crippen LogP contribution in [0.5, 0.6) is 0 Å². The van der Waals surface area contributed by atoms with Crippen molar-refractivity contribution in [2.45, 2.75) is 46.6 Å². The number of carbonyl (C=O) groups is 1. The summed E-state index contributed by atoms with van der Waals surface area (Å²) in [6.45, 7) is 7.29. The minimum absolute atomic E-state index is 0.206. The van der Waals surface area contributed by atoms with Gasteiger partial charge in [0.15, 0.2) is 0 Å². The molecule has 156 valence electrons. The number of aromatic nitrogens is 1. The van der Waals surface area contributed by atoms with E-state index in [0.29, 0.717) is 13.1 Å². The SMILES string of the molecule is CCCCn1cc(-c2cc(C)ccc2C)cc(C(=O)NCCc2ccccc2)c1=O. The van der Waals surface area contributed by atoms with Crippen LogP contribution >= 0.6 is 0 Å². The topological polar surface area (TPSA) is 51.1 Å². The maximum atomic E-state index is 13.0. The number of unbranched alkanes of at least 4 members (excludes halogenated alkanes) is 1. The minimum atomic E-state index is -0.312. The van der Waals surface area contributed by atoms with Crippen molar-refractivity contribution >= 4 is 5.91 Å². The monoisotopic (exact) mass is 402 g/mol. The zero-order valence-corrected chi connectivity index (χ0v) is 18.1. The number of hydrogen-bond acceptors (Lipinski definition) is 2. The molecule has 0 aliphatic rings. The molecular formula is C26H30N2O2. The molecule has 0 aliphatic carbocycles. The van der Waals surface area contributed by atoms with Crippen LogP contribution < -0.4 is 10.9 Å². The second kappa shape index (κ2) is 10.1. The molecule has 1 N–H and O–H groups in total. The molecule has 1 aromatic heterocycles. The highest BCUT2D eigenvalue weighted by molar-refractivity contribution is 5.95. The van der Waals surface area contributed by atoms with Gasteiger partial charge >= 0.3 is 0 Å². The molecule has 4 nitrogen and oxygen atoms in total. The van der Waals surface area contributed by atoms with Crippen LogP contribution in [-0.4, -0.2) is 17.0 Å². The fraction of sp³-hybridized carbons (Fsp3) is 0.308. The van der Waals surface area contributed by atoms with Crippen LogP contribution in [0.15, 0.2) is 65.6 Å². The number of hydrogen-bond donors (Lipinski definition) is 1. The van der Waals surface area contributed by atoms with Gasteiger partial charge in [-0.1, -0.05) is 67.4 Å². The van der Waals surface area contributed by atoms with Gasteiger partial charge in [-0.15, -0.1) is 0 Å². The molecule has 0 atom stereocenters. The molecule has 0 saturated carbocycles. The maximum Gasteiger partial charge on any atom is 0.263 e. The second-order valence-corrected chi connectivity index (χ2v) is 7.80. The van der Waals surface area contributed by atoms with Crippen LogP contribution in [0, 0.1) is 13.8 Å². The highest BCUT2D eigenvalue weighted by Crippen LogP contribution is 2.24. The van der Waals surface area contributed by atoms with Gasteiger partial charge in [0.2, 0.25) is 0 Å². The molecule has 1 amide bonds. The minimum Gasteiger partial charge on any atom is -0.352 e. The van der Waals surface area contributed by atoms with Crippen LogP contribution in [-0.2, 0) is 13.0 Å². The smallest absolute Gasteiger partial charge is 0.263 e. The van der Waals surface area contributed by atoms with Crippen molar-refractivity contribution in [1.82, 2.24) is 9.88 Å². The number of benzene rings is 2. The van der Waals surface area contributed by atoms with E-state index >= 15 is 0 Å². The molecule has 2 aromatic carbocycles. The van der Waals surface area contributed by atoms with Crippen LogP contribution in [0.1, 0.15) is 46.8 Å². The number of aryl methyl sites for hydroxylation is 3. The zero-order chi connectivity index (χ0) is 21.5. The zero-order valence-electron chi connectivity index (χ0n) is 18.1. The van der Waals surface area contributed by atoms with Crippen molar-refractivity contribution in [3.63, 3.8) is 0 Å².